The number of piperidine rings is 1. The van der Waals surface area contributed by atoms with Crippen molar-refractivity contribution in [2.75, 3.05) is 25.1 Å². The topological polar surface area (TPSA) is 76.9 Å². The van der Waals surface area contributed by atoms with Crippen LogP contribution in [-0.2, 0) is 0 Å². The summed E-state index contributed by atoms with van der Waals surface area (Å²) in [4.78, 5) is 6.69. The van der Waals surface area contributed by atoms with Gasteiger partial charge in [-0.05, 0) is 56.0 Å². The molecule has 1 saturated heterocycles. The molecule has 2 unspecified atom stereocenters. The van der Waals surface area contributed by atoms with Crippen LogP contribution in [0.25, 0.3) is 0 Å². The third-order valence-corrected chi connectivity index (χ3v) is 5.27. The number of nitrogens with two attached hydrogens (primary N) is 2. The lowest BCUT2D eigenvalue weighted by Crippen LogP contribution is -2.64. The van der Waals surface area contributed by atoms with Crippen LogP contribution in [0.1, 0.15) is 19.8 Å². The van der Waals surface area contributed by atoms with E-state index in [-0.39, 0.29) is 6.04 Å². The first-order valence-electron chi connectivity index (χ1n) is 8.20. The predicted molar refractivity (Wildman–Crippen MR) is 95.1 cm³/mol. The van der Waals surface area contributed by atoms with E-state index in [1.165, 1.54) is 5.69 Å². The molecule has 0 bridgehead atoms. The van der Waals surface area contributed by atoms with E-state index in [0.717, 1.165) is 37.4 Å². The van der Waals surface area contributed by atoms with Crippen molar-refractivity contribution < 1.29 is 4.74 Å². The summed E-state index contributed by atoms with van der Waals surface area (Å²) in [5, 5.41) is 0. The lowest BCUT2D eigenvalue weighted by molar-refractivity contribution is 0.260. The Morgan fingerprint density at radius 2 is 1.87 bits per heavy atom. The van der Waals surface area contributed by atoms with E-state index in [1.807, 2.05) is 31.3 Å². The molecule has 1 aromatic carbocycles. The Morgan fingerprint density at radius 3 is 2.48 bits per heavy atom. The summed E-state index contributed by atoms with van der Waals surface area (Å²) in [6.07, 6.45) is 5.88. The fourth-order valence-electron chi connectivity index (χ4n) is 3.65. The molecule has 2 atom stereocenters. The zero-order valence-corrected chi connectivity index (χ0v) is 13.9. The molecule has 0 aliphatic carbocycles. The maximum Gasteiger partial charge on any atom is 0.119 e. The van der Waals surface area contributed by atoms with Gasteiger partial charge in [-0.3, -0.25) is 4.99 Å². The predicted octanol–water partition coefficient (Wildman–Crippen LogP) is 1.92. The summed E-state index contributed by atoms with van der Waals surface area (Å²) in [5.74, 6) is 1.27. The molecule has 1 aromatic rings. The summed E-state index contributed by atoms with van der Waals surface area (Å²) in [5.41, 5.74) is 14.7. The van der Waals surface area contributed by atoms with Crippen molar-refractivity contribution in [3.63, 3.8) is 0 Å². The number of hydrogen-bond donors (Lipinski definition) is 2. The van der Waals surface area contributed by atoms with Crippen LogP contribution in [0.15, 0.2) is 41.5 Å². The second-order valence-corrected chi connectivity index (χ2v) is 6.52. The van der Waals surface area contributed by atoms with Gasteiger partial charge in [0.2, 0.25) is 0 Å². The molecular weight excluding hydrogens is 288 g/mol. The van der Waals surface area contributed by atoms with Gasteiger partial charge < -0.3 is 21.1 Å². The number of hydrogen-bond acceptors (Lipinski definition) is 5. The third kappa shape index (κ3) is 2.99. The highest BCUT2D eigenvalue weighted by Crippen LogP contribution is 2.33. The van der Waals surface area contributed by atoms with Crippen LogP contribution in [-0.4, -0.2) is 37.5 Å². The molecule has 4 N–H and O–H groups in total. The lowest BCUT2D eigenvalue weighted by atomic mass is 9.72. The van der Waals surface area contributed by atoms with Crippen molar-refractivity contribution in [1.82, 2.24) is 0 Å². The highest BCUT2D eigenvalue weighted by atomic mass is 16.5. The molecule has 5 heteroatoms. The molecule has 23 heavy (non-hydrogen) atoms. The monoisotopic (exact) mass is 314 g/mol. The fraction of sp³-hybridized carbons (Fsp3) is 0.500. The summed E-state index contributed by atoms with van der Waals surface area (Å²) in [6.45, 7) is 3.95. The normalized spacial score (nSPS) is 28.6. The second kappa shape index (κ2) is 6.34. The minimum atomic E-state index is -0.474. The van der Waals surface area contributed by atoms with E-state index in [2.05, 4.69) is 22.0 Å². The molecular formula is C18H26N4O. The first-order chi connectivity index (χ1) is 11.0. The highest BCUT2D eigenvalue weighted by molar-refractivity contribution is 5.90. The Morgan fingerprint density at radius 1 is 1.22 bits per heavy atom. The van der Waals surface area contributed by atoms with Gasteiger partial charge in [0.1, 0.15) is 5.75 Å². The van der Waals surface area contributed by atoms with Crippen LogP contribution < -0.4 is 21.1 Å². The Hall–Kier alpha value is -1.85. The molecule has 1 fully saturated rings. The average molecular weight is 314 g/mol. The van der Waals surface area contributed by atoms with Crippen molar-refractivity contribution in [3.05, 3.63) is 36.5 Å². The third-order valence-electron chi connectivity index (χ3n) is 5.27. The number of benzene rings is 1. The molecule has 2 aliphatic heterocycles. The van der Waals surface area contributed by atoms with Gasteiger partial charge in [0, 0.05) is 30.7 Å². The standard InChI is InChI=1S/C18H26N4O/c1-13-17(19)18(20,9-10-21-13)14-7-11-22(12-8-14)15-3-5-16(23-2)6-4-15/h3-6,9-10,14,17H,7-8,11-12,19-20H2,1-2H3. The quantitative estimate of drug-likeness (QED) is 0.893. The molecule has 2 aliphatic rings. The van der Waals surface area contributed by atoms with Gasteiger partial charge in [0.15, 0.2) is 0 Å². The Labute approximate surface area is 138 Å². The van der Waals surface area contributed by atoms with Gasteiger partial charge >= 0.3 is 0 Å². The van der Waals surface area contributed by atoms with Crippen LogP contribution in [0, 0.1) is 5.92 Å². The maximum atomic E-state index is 6.66. The largest absolute Gasteiger partial charge is 0.497 e. The number of rotatable bonds is 3. The van der Waals surface area contributed by atoms with Crippen LogP contribution in [0.3, 0.4) is 0 Å². The summed E-state index contributed by atoms with van der Waals surface area (Å²) in [6, 6.07) is 8.04. The number of ether oxygens (including phenoxy) is 1. The molecule has 0 radical (unpaired) electrons. The first kappa shape index (κ1) is 16.0. The van der Waals surface area contributed by atoms with Gasteiger partial charge in [-0.2, -0.15) is 0 Å². The van der Waals surface area contributed by atoms with Crippen molar-refractivity contribution >= 4 is 11.4 Å². The molecule has 124 valence electrons. The van der Waals surface area contributed by atoms with Gasteiger partial charge in [0.05, 0.1) is 18.7 Å². The van der Waals surface area contributed by atoms with Crippen molar-refractivity contribution in [2.24, 2.45) is 22.4 Å². The Balaban J connectivity index is 1.66. The summed E-state index contributed by atoms with van der Waals surface area (Å²) < 4.78 is 5.22. The number of methoxy groups -OCH3 is 1. The van der Waals surface area contributed by atoms with Crippen molar-refractivity contribution in [3.8, 4) is 5.75 Å². The number of anilines is 1. The van der Waals surface area contributed by atoms with Gasteiger partial charge in [-0.25, -0.2) is 0 Å². The maximum absolute atomic E-state index is 6.66. The number of nitrogens with zero attached hydrogens (tertiary/aromatic N) is 2. The molecule has 0 spiro atoms. The van der Waals surface area contributed by atoms with Crippen molar-refractivity contribution in [1.29, 1.82) is 0 Å². The van der Waals surface area contributed by atoms with Gasteiger partial charge in [-0.15, -0.1) is 0 Å². The number of aliphatic imine (C=N–C) groups is 1. The second-order valence-electron chi connectivity index (χ2n) is 6.52. The minimum Gasteiger partial charge on any atom is -0.497 e. The van der Waals surface area contributed by atoms with Crippen LogP contribution in [0.5, 0.6) is 5.75 Å². The highest BCUT2D eigenvalue weighted by Gasteiger charge is 2.42. The molecule has 5 nitrogen and oxygen atoms in total. The average Bonchev–Trinajstić information content (AvgIpc) is 2.60. The minimum absolute atomic E-state index is 0.190. The zero-order valence-electron chi connectivity index (χ0n) is 13.9. The van der Waals surface area contributed by atoms with Crippen molar-refractivity contribution in [2.45, 2.75) is 31.3 Å². The molecule has 0 aromatic heterocycles. The SMILES string of the molecule is COc1ccc(N2CCC(C3(N)C=CN=C(C)C3N)CC2)cc1. The fourth-order valence-corrected chi connectivity index (χ4v) is 3.65. The molecule has 3 rings (SSSR count). The van der Waals surface area contributed by atoms with Crippen LogP contribution in [0.2, 0.25) is 0 Å². The summed E-state index contributed by atoms with van der Waals surface area (Å²) >= 11 is 0. The first-order valence-corrected chi connectivity index (χ1v) is 8.20. The van der Waals surface area contributed by atoms with E-state index in [4.69, 9.17) is 16.2 Å². The Kier molecular flexibility index (Phi) is 4.41. The van der Waals surface area contributed by atoms with E-state index >= 15 is 0 Å². The van der Waals surface area contributed by atoms with E-state index in [0.29, 0.717) is 5.92 Å². The van der Waals surface area contributed by atoms with Gasteiger partial charge in [-0.1, -0.05) is 0 Å². The molecule has 2 heterocycles. The molecule has 0 saturated carbocycles. The molecule has 0 amide bonds. The van der Waals surface area contributed by atoms with Crippen LogP contribution in [0.4, 0.5) is 5.69 Å². The zero-order chi connectivity index (χ0) is 16.4. The van der Waals surface area contributed by atoms with E-state index in [9.17, 15) is 0 Å². The van der Waals surface area contributed by atoms with E-state index < -0.39 is 5.54 Å². The Bertz CT molecular complexity index is 602. The van der Waals surface area contributed by atoms with Crippen LogP contribution >= 0.6 is 0 Å². The summed E-state index contributed by atoms with van der Waals surface area (Å²) in [7, 11) is 1.69. The van der Waals surface area contributed by atoms with Gasteiger partial charge in [0.25, 0.3) is 0 Å². The smallest absolute Gasteiger partial charge is 0.119 e. The van der Waals surface area contributed by atoms with E-state index in [1.54, 1.807) is 7.11 Å². The lowest BCUT2D eigenvalue weighted by Gasteiger charge is -2.45.